The zero-order valence-corrected chi connectivity index (χ0v) is 12.1. The number of aromatic nitrogens is 1. The number of nitriles is 1. The Labute approximate surface area is 134 Å². The number of hydrogen-bond acceptors (Lipinski definition) is 5. The summed E-state index contributed by atoms with van der Waals surface area (Å²) in [6.07, 6.45) is -3.64. The first-order chi connectivity index (χ1) is 11.4. The lowest BCUT2D eigenvalue weighted by Crippen LogP contribution is -2.30. The van der Waals surface area contributed by atoms with Crippen molar-refractivity contribution in [2.24, 2.45) is 0 Å². The van der Waals surface area contributed by atoms with E-state index in [1.165, 1.54) is 12.1 Å². The Kier molecular flexibility index (Phi) is 5.34. The van der Waals surface area contributed by atoms with Gasteiger partial charge in [-0.05, 0) is 24.3 Å². The SMILES string of the molecule is N#Cc1cccc(ONCC(=O)Nc2ccnc(C(F)(F)F)c2)c1. The van der Waals surface area contributed by atoms with E-state index in [4.69, 9.17) is 10.1 Å². The number of benzene rings is 1. The molecule has 9 heteroatoms. The molecular formula is C15H11F3N4O2. The van der Waals surface area contributed by atoms with Crippen LogP contribution in [0, 0.1) is 11.3 Å². The average molecular weight is 336 g/mol. The van der Waals surface area contributed by atoms with Crippen LogP contribution in [0.25, 0.3) is 0 Å². The number of halogens is 3. The molecule has 0 saturated carbocycles. The van der Waals surface area contributed by atoms with Crippen molar-refractivity contribution in [2.75, 3.05) is 11.9 Å². The summed E-state index contributed by atoms with van der Waals surface area (Å²) in [6, 6.07) is 10.1. The van der Waals surface area contributed by atoms with Crippen LogP contribution >= 0.6 is 0 Å². The molecule has 0 spiro atoms. The molecule has 1 heterocycles. The van der Waals surface area contributed by atoms with Crippen molar-refractivity contribution >= 4 is 11.6 Å². The van der Waals surface area contributed by atoms with E-state index in [1.807, 2.05) is 6.07 Å². The van der Waals surface area contributed by atoms with Gasteiger partial charge in [-0.15, -0.1) is 5.48 Å². The fourth-order valence-electron chi connectivity index (χ4n) is 1.68. The molecule has 1 aromatic heterocycles. The number of nitrogens with zero attached hydrogens (tertiary/aromatic N) is 2. The Balaban J connectivity index is 1.86. The number of carbonyl (C=O) groups is 1. The molecule has 124 valence electrons. The van der Waals surface area contributed by atoms with Gasteiger partial charge in [-0.1, -0.05) is 6.07 Å². The number of alkyl halides is 3. The second-order valence-corrected chi connectivity index (χ2v) is 4.54. The molecule has 0 saturated heterocycles. The molecule has 2 rings (SSSR count). The predicted molar refractivity (Wildman–Crippen MR) is 77.7 cm³/mol. The number of hydrogen-bond donors (Lipinski definition) is 2. The quantitative estimate of drug-likeness (QED) is 0.819. The molecule has 0 unspecified atom stereocenters. The van der Waals surface area contributed by atoms with Crippen LogP contribution in [0.1, 0.15) is 11.3 Å². The van der Waals surface area contributed by atoms with Crippen LogP contribution in [0.2, 0.25) is 0 Å². The van der Waals surface area contributed by atoms with E-state index >= 15 is 0 Å². The lowest BCUT2D eigenvalue weighted by molar-refractivity contribution is -0.141. The third-order valence-corrected chi connectivity index (χ3v) is 2.72. The number of amides is 1. The van der Waals surface area contributed by atoms with Crippen LogP contribution in [-0.2, 0) is 11.0 Å². The molecule has 1 amide bonds. The maximum Gasteiger partial charge on any atom is 0.433 e. The predicted octanol–water partition coefficient (Wildman–Crippen LogP) is 2.49. The van der Waals surface area contributed by atoms with Gasteiger partial charge >= 0.3 is 6.18 Å². The van der Waals surface area contributed by atoms with Crippen molar-refractivity contribution in [1.82, 2.24) is 10.5 Å². The maximum atomic E-state index is 12.5. The minimum atomic E-state index is -4.59. The van der Waals surface area contributed by atoms with Crippen molar-refractivity contribution in [3.63, 3.8) is 0 Å². The molecule has 0 aliphatic heterocycles. The summed E-state index contributed by atoms with van der Waals surface area (Å²) in [6.45, 7) is -0.305. The Hall–Kier alpha value is -3.12. The van der Waals surface area contributed by atoms with E-state index < -0.39 is 17.8 Å². The molecule has 0 radical (unpaired) electrons. The molecule has 24 heavy (non-hydrogen) atoms. The summed E-state index contributed by atoms with van der Waals surface area (Å²) < 4.78 is 37.6. The maximum absolute atomic E-state index is 12.5. The number of hydroxylamine groups is 1. The van der Waals surface area contributed by atoms with Gasteiger partial charge in [0.1, 0.15) is 18.0 Å². The molecule has 0 fully saturated rings. The molecule has 0 aliphatic rings. The zero-order chi connectivity index (χ0) is 17.6. The number of nitrogens with one attached hydrogen (secondary N) is 2. The van der Waals surface area contributed by atoms with Crippen LogP contribution in [0.5, 0.6) is 5.75 Å². The standard InChI is InChI=1S/C15H11F3N4O2/c16-15(17,18)13-7-11(4-5-20-13)22-14(23)9-21-24-12-3-1-2-10(6-12)8-19/h1-7,21H,9H2,(H,20,22,23). The number of pyridine rings is 1. The van der Waals surface area contributed by atoms with Gasteiger partial charge < -0.3 is 10.2 Å². The van der Waals surface area contributed by atoms with Gasteiger partial charge in [0.05, 0.1) is 11.6 Å². The van der Waals surface area contributed by atoms with Gasteiger partial charge in [0.15, 0.2) is 0 Å². The Morgan fingerprint density at radius 3 is 2.79 bits per heavy atom. The lowest BCUT2D eigenvalue weighted by Gasteiger charge is -2.10. The first-order valence-electron chi connectivity index (χ1n) is 6.61. The number of rotatable bonds is 5. The second kappa shape index (κ2) is 7.43. The number of carbonyl (C=O) groups excluding carboxylic acids is 1. The summed E-state index contributed by atoms with van der Waals surface area (Å²) in [5.74, 6) is -0.282. The van der Waals surface area contributed by atoms with Gasteiger partial charge in [-0.3, -0.25) is 9.78 Å². The summed E-state index contributed by atoms with van der Waals surface area (Å²) >= 11 is 0. The highest BCUT2D eigenvalue weighted by Gasteiger charge is 2.32. The highest BCUT2D eigenvalue weighted by molar-refractivity contribution is 5.92. The minimum Gasteiger partial charge on any atom is -0.408 e. The van der Waals surface area contributed by atoms with Crippen molar-refractivity contribution in [3.05, 3.63) is 53.9 Å². The van der Waals surface area contributed by atoms with Gasteiger partial charge in [-0.2, -0.15) is 18.4 Å². The van der Waals surface area contributed by atoms with E-state index in [0.29, 0.717) is 11.3 Å². The molecule has 0 atom stereocenters. The fourth-order valence-corrected chi connectivity index (χ4v) is 1.68. The van der Waals surface area contributed by atoms with E-state index in [-0.39, 0.29) is 12.2 Å². The minimum absolute atomic E-state index is 0.0318. The fraction of sp³-hybridized carbons (Fsp3) is 0.133. The third-order valence-electron chi connectivity index (χ3n) is 2.72. The Morgan fingerprint density at radius 1 is 1.29 bits per heavy atom. The lowest BCUT2D eigenvalue weighted by atomic mass is 10.2. The van der Waals surface area contributed by atoms with Gasteiger partial charge in [0.25, 0.3) is 0 Å². The number of anilines is 1. The van der Waals surface area contributed by atoms with Crippen LogP contribution in [0.15, 0.2) is 42.6 Å². The van der Waals surface area contributed by atoms with E-state index in [0.717, 1.165) is 12.3 Å². The largest absolute Gasteiger partial charge is 0.433 e. The highest BCUT2D eigenvalue weighted by atomic mass is 19.4. The molecule has 2 N–H and O–H groups in total. The van der Waals surface area contributed by atoms with E-state index in [2.05, 4.69) is 15.8 Å². The van der Waals surface area contributed by atoms with Crippen LogP contribution in [0.4, 0.5) is 18.9 Å². The highest BCUT2D eigenvalue weighted by Crippen LogP contribution is 2.28. The van der Waals surface area contributed by atoms with Gasteiger partial charge in [0.2, 0.25) is 5.91 Å². The second-order valence-electron chi connectivity index (χ2n) is 4.54. The Bertz CT molecular complexity index is 772. The third kappa shape index (κ3) is 4.96. The van der Waals surface area contributed by atoms with E-state index in [9.17, 15) is 18.0 Å². The van der Waals surface area contributed by atoms with Crippen LogP contribution in [-0.4, -0.2) is 17.4 Å². The smallest absolute Gasteiger partial charge is 0.408 e. The molecule has 0 bridgehead atoms. The summed E-state index contributed by atoms with van der Waals surface area (Å²) in [7, 11) is 0. The van der Waals surface area contributed by atoms with Crippen LogP contribution in [0.3, 0.4) is 0 Å². The monoisotopic (exact) mass is 336 g/mol. The Morgan fingerprint density at radius 2 is 2.08 bits per heavy atom. The van der Waals surface area contributed by atoms with E-state index in [1.54, 1.807) is 18.2 Å². The van der Waals surface area contributed by atoms with Gasteiger partial charge in [0, 0.05) is 18.0 Å². The van der Waals surface area contributed by atoms with Crippen molar-refractivity contribution in [2.45, 2.75) is 6.18 Å². The van der Waals surface area contributed by atoms with Crippen molar-refractivity contribution in [3.8, 4) is 11.8 Å². The molecule has 2 aromatic rings. The molecule has 6 nitrogen and oxygen atoms in total. The molecular weight excluding hydrogens is 325 g/mol. The summed E-state index contributed by atoms with van der Waals surface area (Å²) in [5.41, 5.74) is 1.61. The summed E-state index contributed by atoms with van der Waals surface area (Å²) in [5, 5.41) is 11.0. The zero-order valence-electron chi connectivity index (χ0n) is 12.1. The van der Waals surface area contributed by atoms with Crippen molar-refractivity contribution < 1.29 is 22.8 Å². The first kappa shape index (κ1) is 17.2. The average Bonchev–Trinajstić information content (AvgIpc) is 2.54. The topological polar surface area (TPSA) is 87.0 Å². The van der Waals surface area contributed by atoms with Crippen LogP contribution < -0.4 is 15.6 Å². The normalized spacial score (nSPS) is 10.8. The van der Waals surface area contributed by atoms with Gasteiger partial charge in [-0.25, -0.2) is 0 Å². The molecule has 0 aliphatic carbocycles. The molecule has 1 aromatic carbocycles. The summed E-state index contributed by atoms with van der Waals surface area (Å²) in [4.78, 5) is 20.0. The first-order valence-corrected chi connectivity index (χ1v) is 6.61. The van der Waals surface area contributed by atoms with Crippen molar-refractivity contribution in [1.29, 1.82) is 5.26 Å².